The van der Waals surface area contributed by atoms with Crippen LogP contribution >= 0.6 is 0 Å². The second-order valence-corrected chi connectivity index (χ2v) is 5.31. The zero-order chi connectivity index (χ0) is 13.4. The average Bonchev–Trinajstić information content (AvgIpc) is 2.66. The number of hydrogen-bond acceptors (Lipinski definition) is 2. The van der Waals surface area contributed by atoms with Crippen LogP contribution in [0.4, 0.5) is 10.1 Å². The van der Waals surface area contributed by atoms with E-state index in [1.165, 1.54) is 24.5 Å². The van der Waals surface area contributed by atoms with Gasteiger partial charge in [-0.1, -0.05) is 12.5 Å². The van der Waals surface area contributed by atoms with E-state index in [0.717, 1.165) is 41.6 Å². The number of aromatic nitrogens is 1. The van der Waals surface area contributed by atoms with Gasteiger partial charge in [0.05, 0.1) is 0 Å². The fraction of sp³-hybridized carbons (Fsp3) is 0.438. The van der Waals surface area contributed by atoms with E-state index in [9.17, 15) is 4.39 Å². The Morgan fingerprint density at radius 3 is 2.74 bits per heavy atom. The summed E-state index contributed by atoms with van der Waals surface area (Å²) in [5.41, 5.74) is 5.06. The highest BCUT2D eigenvalue weighted by molar-refractivity contribution is 5.96. The quantitative estimate of drug-likeness (QED) is 0.782. The highest BCUT2D eigenvalue weighted by Crippen LogP contribution is 2.35. The van der Waals surface area contributed by atoms with Crippen LogP contribution in [0.5, 0.6) is 0 Å². The van der Waals surface area contributed by atoms with Gasteiger partial charge in [0.1, 0.15) is 11.3 Å². The van der Waals surface area contributed by atoms with E-state index in [1.807, 2.05) is 20.0 Å². The molecule has 1 aromatic carbocycles. The lowest BCUT2D eigenvalue weighted by atomic mass is 9.99. The summed E-state index contributed by atoms with van der Waals surface area (Å²) in [4.78, 5) is 4.63. The fourth-order valence-electron chi connectivity index (χ4n) is 3.11. The zero-order valence-corrected chi connectivity index (χ0v) is 11.5. The molecule has 1 N–H and O–H groups in total. The van der Waals surface area contributed by atoms with Crippen molar-refractivity contribution in [3.05, 3.63) is 34.8 Å². The highest BCUT2D eigenvalue weighted by Gasteiger charge is 2.19. The van der Waals surface area contributed by atoms with Gasteiger partial charge in [0, 0.05) is 23.8 Å². The molecular formula is C16H19FN2. The van der Waals surface area contributed by atoms with Crippen LogP contribution in [0.1, 0.15) is 36.1 Å². The Morgan fingerprint density at radius 2 is 1.95 bits per heavy atom. The lowest BCUT2D eigenvalue weighted by Crippen LogP contribution is -2.05. The van der Waals surface area contributed by atoms with Crippen LogP contribution < -0.4 is 5.32 Å². The predicted octanol–water partition coefficient (Wildman–Crippen LogP) is 3.99. The van der Waals surface area contributed by atoms with Crippen molar-refractivity contribution < 1.29 is 4.39 Å². The SMILES string of the molecule is CNc1c2c(nc3c(F)ccc(C)c13)CCCCC2. The molecule has 3 heteroatoms. The summed E-state index contributed by atoms with van der Waals surface area (Å²) >= 11 is 0. The zero-order valence-electron chi connectivity index (χ0n) is 11.5. The summed E-state index contributed by atoms with van der Waals surface area (Å²) in [6, 6.07) is 3.36. The first kappa shape index (κ1) is 12.4. The van der Waals surface area contributed by atoms with Crippen molar-refractivity contribution in [2.45, 2.75) is 39.0 Å². The number of nitrogens with zero attached hydrogens (tertiary/aromatic N) is 1. The van der Waals surface area contributed by atoms with Crippen LogP contribution in [0.25, 0.3) is 10.9 Å². The number of nitrogens with one attached hydrogen (secondary N) is 1. The highest BCUT2D eigenvalue weighted by atomic mass is 19.1. The van der Waals surface area contributed by atoms with Gasteiger partial charge in [0.15, 0.2) is 0 Å². The predicted molar refractivity (Wildman–Crippen MR) is 77.2 cm³/mol. The Labute approximate surface area is 113 Å². The van der Waals surface area contributed by atoms with Crippen LogP contribution in [0.15, 0.2) is 12.1 Å². The molecule has 0 fully saturated rings. The summed E-state index contributed by atoms with van der Waals surface area (Å²) in [6.45, 7) is 2.02. The monoisotopic (exact) mass is 258 g/mol. The minimum Gasteiger partial charge on any atom is -0.387 e. The number of aryl methyl sites for hydroxylation is 2. The molecule has 0 saturated heterocycles. The van der Waals surface area contributed by atoms with Crippen molar-refractivity contribution in [1.29, 1.82) is 0 Å². The van der Waals surface area contributed by atoms with Crippen molar-refractivity contribution in [3.8, 4) is 0 Å². The second-order valence-electron chi connectivity index (χ2n) is 5.31. The van der Waals surface area contributed by atoms with E-state index in [1.54, 1.807) is 0 Å². The Balaban J connectivity index is 2.39. The third-order valence-corrected chi connectivity index (χ3v) is 4.07. The number of fused-ring (bicyclic) bond motifs is 2. The molecule has 0 bridgehead atoms. The lowest BCUT2D eigenvalue weighted by Gasteiger charge is -2.16. The summed E-state index contributed by atoms with van der Waals surface area (Å²) in [7, 11) is 1.92. The van der Waals surface area contributed by atoms with Crippen LogP contribution in [0, 0.1) is 12.7 Å². The van der Waals surface area contributed by atoms with Crippen LogP contribution in [0.2, 0.25) is 0 Å². The van der Waals surface area contributed by atoms with Crippen LogP contribution in [0.3, 0.4) is 0 Å². The minimum atomic E-state index is -0.218. The van der Waals surface area contributed by atoms with E-state index in [-0.39, 0.29) is 5.82 Å². The third-order valence-electron chi connectivity index (χ3n) is 4.07. The first-order chi connectivity index (χ1) is 9.22. The molecule has 0 aliphatic heterocycles. The molecule has 0 atom stereocenters. The van der Waals surface area contributed by atoms with Gasteiger partial charge in [-0.05, 0) is 49.8 Å². The van der Waals surface area contributed by atoms with Crippen LogP contribution in [-0.4, -0.2) is 12.0 Å². The molecule has 2 nitrogen and oxygen atoms in total. The largest absolute Gasteiger partial charge is 0.387 e. The maximum atomic E-state index is 14.1. The number of anilines is 1. The van der Waals surface area contributed by atoms with Gasteiger partial charge < -0.3 is 5.32 Å². The van der Waals surface area contributed by atoms with Gasteiger partial charge in [0.2, 0.25) is 0 Å². The Hall–Kier alpha value is -1.64. The maximum Gasteiger partial charge on any atom is 0.149 e. The number of hydrogen-bond donors (Lipinski definition) is 1. The molecular weight excluding hydrogens is 239 g/mol. The molecule has 0 amide bonds. The molecule has 0 spiro atoms. The lowest BCUT2D eigenvalue weighted by molar-refractivity contribution is 0.635. The Bertz CT molecular complexity index is 634. The molecule has 100 valence electrons. The van der Waals surface area contributed by atoms with E-state index in [0.29, 0.717) is 5.52 Å². The van der Waals surface area contributed by atoms with Crippen molar-refractivity contribution in [3.63, 3.8) is 0 Å². The van der Waals surface area contributed by atoms with Crippen molar-refractivity contribution >= 4 is 16.6 Å². The second kappa shape index (κ2) is 4.80. The standard InChI is InChI=1S/C16H19FN2/c1-10-8-9-12(17)16-14(10)15(18-2)11-6-4-3-5-7-13(11)19-16/h8-9H,3-7H2,1-2H3,(H,18,19). The summed E-state index contributed by atoms with van der Waals surface area (Å²) in [6.07, 6.45) is 5.60. The molecule has 0 saturated carbocycles. The Kier molecular flexibility index (Phi) is 3.13. The molecule has 1 aliphatic carbocycles. The summed E-state index contributed by atoms with van der Waals surface area (Å²) in [5, 5.41) is 4.23. The third kappa shape index (κ3) is 1.97. The number of rotatable bonds is 1. The van der Waals surface area contributed by atoms with E-state index in [2.05, 4.69) is 10.3 Å². The Morgan fingerprint density at radius 1 is 1.16 bits per heavy atom. The molecule has 19 heavy (non-hydrogen) atoms. The molecule has 1 heterocycles. The van der Waals surface area contributed by atoms with Crippen molar-refractivity contribution in [2.75, 3.05) is 12.4 Å². The van der Waals surface area contributed by atoms with Crippen molar-refractivity contribution in [1.82, 2.24) is 4.98 Å². The van der Waals surface area contributed by atoms with Gasteiger partial charge >= 0.3 is 0 Å². The number of benzene rings is 1. The maximum absolute atomic E-state index is 14.1. The van der Waals surface area contributed by atoms with Gasteiger partial charge in [0.25, 0.3) is 0 Å². The first-order valence-electron chi connectivity index (χ1n) is 7.00. The first-order valence-corrected chi connectivity index (χ1v) is 7.00. The van der Waals surface area contributed by atoms with E-state index < -0.39 is 0 Å². The van der Waals surface area contributed by atoms with E-state index >= 15 is 0 Å². The summed E-state index contributed by atoms with van der Waals surface area (Å²) in [5.74, 6) is -0.218. The molecule has 2 aromatic rings. The molecule has 3 rings (SSSR count). The fourth-order valence-corrected chi connectivity index (χ4v) is 3.11. The molecule has 1 aliphatic rings. The van der Waals surface area contributed by atoms with Crippen molar-refractivity contribution in [2.24, 2.45) is 0 Å². The molecule has 0 unspecified atom stereocenters. The van der Waals surface area contributed by atoms with Gasteiger partial charge in [-0.3, -0.25) is 0 Å². The topological polar surface area (TPSA) is 24.9 Å². The molecule has 0 radical (unpaired) electrons. The van der Waals surface area contributed by atoms with Gasteiger partial charge in [-0.2, -0.15) is 0 Å². The van der Waals surface area contributed by atoms with Gasteiger partial charge in [-0.15, -0.1) is 0 Å². The smallest absolute Gasteiger partial charge is 0.149 e. The average molecular weight is 258 g/mol. The number of halogens is 1. The van der Waals surface area contributed by atoms with Gasteiger partial charge in [-0.25, -0.2) is 9.37 Å². The van der Waals surface area contributed by atoms with Crippen LogP contribution in [-0.2, 0) is 12.8 Å². The normalized spacial score (nSPS) is 15.1. The number of pyridine rings is 1. The minimum absolute atomic E-state index is 0.218. The molecule has 1 aromatic heterocycles. The van der Waals surface area contributed by atoms with E-state index in [4.69, 9.17) is 0 Å². The summed E-state index contributed by atoms with van der Waals surface area (Å²) < 4.78 is 14.1.